The molecule has 1 aromatic carbocycles. The van der Waals surface area contributed by atoms with Crippen LogP contribution in [0.15, 0.2) is 38.4 Å². The first kappa shape index (κ1) is 17.0. The van der Waals surface area contributed by atoms with Crippen molar-refractivity contribution in [1.82, 2.24) is 9.97 Å². The van der Waals surface area contributed by atoms with Crippen LogP contribution in [0.2, 0.25) is 0 Å². The van der Waals surface area contributed by atoms with Gasteiger partial charge >= 0.3 is 0 Å². The number of halogens is 2. The highest BCUT2D eigenvalue weighted by Gasteiger charge is 2.11. The Hall–Kier alpha value is -0.340. The lowest BCUT2D eigenvalue weighted by atomic mass is 10.1. The average molecular weight is 479 g/mol. The summed E-state index contributed by atoms with van der Waals surface area (Å²) in [5, 5.41) is 0. The van der Waals surface area contributed by atoms with Crippen LogP contribution in [0.25, 0.3) is 0 Å². The Bertz CT molecular complexity index is 688. The van der Waals surface area contributed by atoms with Gasteiger partial charge in [0.25, 0.3) is 5.56 Å². The van der Waals surface area contributed by atoms with Gasteiger partial charge in [-0.1, -0.05) is 35.8 Å². The second-order valence-corrected chi connectivity index (χ2v) is 8.16. The summed E-state index contributed by atoms with van der Waals surface area (Å²) in [6.45, 7) is 4.27. The van der Waals surface area contributed by atoms with Crippen LogP contribution in [0.1, 0.15) is 25.4 Å². The van der Waals surface area contributed by atoms with E-state index in [0.29, 0.717) is 15.2 Å². The molecule has 2 aromatic rings. The largest absolute Gasteiger partial charge is 0.309 e. The van der Waals surface area contributed by atoms with Crippen LogP contribution < -0.4 is 5.56 Å². The molecule has 1 N–H and O–H groups in total. The van der Waals surface area contributed by atoms with Crippen LogP contribution in [0, 0.1) is 9.49 Å². The molecule has 0 amide bonds. The summed E-state index contributed by atoms with van der Waals surface area (Å²) in [5.41, 5.74) is 0.866. The molecule has 2 rings (SSSR count). The highest BCUT2D eigenvalue weighted by molar-refractivity contribution is 14.1. The zero-order valence-electron chi connectivity index (χ0n) is 11.8. The van der Waals surface area contributed by atoms with E-state index in [0.717, 1.165) is 27.3 Å². The number of nitrogens with zero attached hydrogens (tertiary/aromatic N) is 1. The number of hydrogen-bond donors (Lipinski definition) is 1. The molecule has 3 nitrogen and oxygen atoms in total. The molecule has 0 unspecified atom stereocenters. The fourth-order valence-corrected chi connectivity index (χ4v) is 3.71. The van der Waals surface area contributed by atoms with Gasteiger partial charge in [0, 0.05) is 9.37 Å². The predicted octanol–water partition coefficient (Wildman–Crippen LogP) is 4.63. The first-order valence-electron chi connectivity index (χ1n) is 6.61. The maximum absolute atomic E-state index is 12.0. The Labute approximate surface area is 150 Å². The Morgan fingerprint density at radius 1 is 1.43 bits per heavy atom. The molecule has 0 aliphatic heterocycles. The number of rotatable bonds is 5. The normalized spacial score (nSPS) is 11.1. The molecule has 0 spiro atoms. The summed E-state index contributed by atoms with van der Waals surface area (Å²) in [7, 11) is 0. The van der Waals surface area contributed by atoms with Crippen LogP contribution in [0.4, 0.5) is 0 Å². The summed E-state index contributed by atoms with van der Waals surface area (Å²) in [5.74, 6) is 1.88. The molecule has 21 heavy (non-hydrogen) atoms. The van der Waals surface area contributed by atoms with Gasteiger partial charge in [-0.15, -0.1) is 11.8 Å². The topological polar surface area (TPSA) is 45.8 Å². The zero-order valence-corrected chi connectivity index (χ0v) is 16.4. The predicted molar refractivity (Wildman–Crippen MR) is 99.8 cm³/mol. The van der Waals surface area contributed by atoms with Gasteiger partial charge in [0.1, 0.15) is 5.82 Å². The van der Waals surface area contributed by atoms with Crippen LogP contribution in [0.3, 0.4) is 0 Å². The summed E-state index contributed by atoms with van der Waals surface area (Å²) in [6, 6.07) is 8.11. The lowest BCUT2D eigenvalue weighted by Crippen LogP contribution is -2.18. The third-order valence-corrected chi connectivity index (χ3v) is 5.36. The number of thioether (sulfide) groups is 1. The average Bonchev–Trinajstić information content (AvgIpc) is 2.41. The quantitative estimate of drug-likeness (QED) is 0.503. The number of H-pyrrole nitrogens is 1. The van der Waals surface area contributed by atoms with Gasteiger partial charge in [-0.3, -0.25) is 4.79 Å². The third kappa shape index (κ3) is 5.10. The molecular weight excluding hydrogens is 463 g/mol. The Morgan fingerprint density at radius 2 is 2.19 bits per heavy atom. The standard InChI is InChI=1S/C15H16BrIN2OS/c1-9(2)6-12-14(17)15(20)19-13(18-12)8-21-11-5-3-4-10(16)7-11/h3-5,7,9H,6,8H2,1-2H3,(H,18,19,20). The van der Waals surface area contributed by atoms with Crippen molar-refractivity contribution < 1.29 is 0 Å². The van der Waals surface area contributed by atoms with Gasteiger partial charge in [-0.25, -0.2) is 4.98 Å². The molecule has 1 aromatic heterocycles. The van der Waals surface area contributed by atoms with Crippen LogP contribution in [-0.2, 0) is 12.2 Å². The molecule has 0 saturated heterocycles. The van der Waals surface area contributed by atoms with E-state index in [1.165, 1.54) is 0 Å². The summed E-state index contributed by atoms with van der Waals surface area (Å²) < 4.78 is 1.76. The molecule has 0 atom stereocenters. The first-order valence-corrected chi connectivity index (χ1v) is 9.47. The highest BCUT2D eigenvalue weighted by atomic mass is 127. The summed E-state index contributed by atoms with van der Waals surface area (Å²) >= 11 is 7.21. The lowest BCUT2D eigenvalue weighted by Gasteiger charge is -2.09. The van der Waals surface area contributed by atoms with E-state index >= 15 is 0 Å². The summed E-state index contributed by atoms with van der Waals surface area (Å²) in [6.07, 6.45) is 0.830. The van der Waals surface area contributed by atoms with E-state index < -0.39 is 0 Å². The summed E-state index contributed by atoms with van der Waals surface area (Å²) in [4.78, 5) is 20.6. The third-order valence-electron chi connectivity index (χ3n) is 2.75. The van der Waals surface area contributed by atoms with Gasteiger partial charge in [-0.2, -0.15) is 0 Å². The van der Waals surface area contributed by atoms with Crippen molar-refractivity contribution in [3.63, 3.8) is 0 Å². The smallest absolute Gasteiger partial charge is 0.264 e. The molecule has 0 fully saturated rings. The monoisotopic (exact) mass is 478 g/mol. The minimum Gasteiger partial charge on any atom is -0.309 e. The van der Waals surface area contributed by atoms with Crippen molar-refractivity contribution in [1.29, 1.82) is 0 Å². The molecule has 0 radical (unpaired) electrons. The van der Waals surface area contributed by atoms with Crippen LogP contribution >= 0.6 is 50.3 Å². The molecular formula is C15H16BrIN2OS. The molecule has 0 aliphatic carbocycles. The Kier molecular flexibility index (Phi) is 6.31. The van der Waals surface area contributed by atoms with E-state index in [1.54, 1.807) is 11.8 Å². The fourth-order valence-electron chi connectivity index (χ4n) is 1.86. The van der Waals surface area contributed by atoms with Gasteiger partial charge in [0.15, 0.2) is 0 Å². The molecule has 1 heterocycles. The molecule has 112 valence electrons. The lowest BCUT2D eigenvalue weighted by molar-refractivity contribution is 0.627. The maximum Gasteiger partial charge on any atom is 0.264 e. The van der Waals surface area contributed by atoms with Gasteiger partial charge in [0.2, 0.25) is 0 Å². The van der Waals surface area contributed by atoms with Crippen molar-refractivity contribution in [2.75, 3.05) is 0 Å². The Morgan fingerprint density at radius 3 is 2.86 bits per heavy atom. The van der Waals surface area contributed by atoms with E-state index in [9.17, 15) is 4.79 Å². The van der Waals surface area contributed by atoms with Crippen molar-refractivity contribution >= 4 is 50.3 Å². The van der Waals surface area contributed by atoms with Crippen LogP contribution in [-0.4, -0.2) is 9.97 Å². The first-order chi connectivity index (χ1) is 9.95. The molecule has 6 heteroatoms. The minimum atomic E-state index is -0.0360. The second-order valence-electron chi connectivity index (χ2n) is 5.12. The van der Waals surface area contributed by atoms with Gasteiger partial charge < -0.3 is 4.98 Å². The highest BCUT2D eigenvalue weighted by Crippen LogP contribution is 2.24. The fraction of sp³-hybridized carbons (Fsp3) is 0.333. The van der Waals surface area contributed by atoms with E-state index in [4.69, 9.17) is 0 Å². The number of hydrogen-bond acceptors (Lipinski definition) is 3. The van der Waals surface area contributed by atoms with E-state index in [2.05, 4.69) is 74.5 Å². The van der Waals surface area contributed by atoms with Crippen molar-refractivity contribution in [2.45, 2.75) is 30.9 Å². The SMILES string of the molecule is CC(C)Cc1nc(CSc2cccc(Br)c2)[nH]c(=O)c1I. The second kappa shape index (κ2) is 7.78. The maximum atomic E-state index is 12.0. The van der Waals surface area contributed by atoms with Gasteiger partial charge in [-0.05, 0) is 53.1 Å². The minimum absolute atomic E-state index is 0.0360. The van der Waals surface area contributed by atoms with Crippen molar-refractivity contribution in [2.24, 2.45) is 5.92 Å². The number of aromatic nitrogens is 2. The van der Waals surface area contributed by atoms with Gasteiger partial charge in [0.05, 0.1) is 15.0 Å². The molecule has 0 saturated carbocycles. The van der Waals surface area contributed by atoms with Crippen LogP contribution in [0.5, 0.6) is 0 Å². The zero-order chi connectivity index (χ0) is 15.4. The van der Waals surface area contributed by atoms with E-state index in [1.807, 2.05) is 12.1 Å². The number of nitrogens with one attached hydrogen (secondary N) is 1. The Balaban J connectivity index is 2.17. The number of aromatic amines is 1. The molecule has 0 aliphatic rings. The molecule has 0 bridgehead atoms. The van der Waals surface area contributed by atoms with Crippen molar-refractivity contribution in [3.05, 3.63) is 54.2 Å². The van der Waals surface area contributed by atoms with Crippen molar-refractivity contribution in [3.8, 4) is 0 Å². The van der Waals surface area contributed by atoms with E-state index in [-0.39, 0.29) is 5.56 Å². The number of benzene rings is 1.